The summed E-state index contributed by atoms with van der Waals surface area (Å²) in [7, 11) is 1.71. The van der Waals surface area contributed by atoms with Crippen LogP contribution >= 0.6 is 0 Å². The third-order valence-electron chi connectivity index (χ3n) is 4.99. The van der Waals surface area contributed by atoms with Crippen LogP contribution < -0.4 is 10.6 Å². The molecule has 2 fully saturated rings. The van der Waals surface area contributed by atoms with E-state index in [4.69, 9.17) is 9.47 Å². The molecule has 0 spiro atoms. The second kappa shape index (κ2) is 10.5. The fourth-order valence-electron chi connectivity index (χ4n) is 3.83. The predicted molar refractivity (Wildman–Crippen MR) is 86.7 cm³/mol. The molecule has 3 unspecified atom stereocenters. The first kappa shape index (κ1) is 17.2. The minimum atomic E-state index is 0.705. The molecule has 124 valence electrons. The summed E-state index contributed by atoms with van der Waals surface area (Å²) in [5, 5.41) is 7.56. The lowest BCUT2D eigenvalue weighted by atomic mass is 9.88. The molecular weight excluding hydrogens is 264 g/mol. The standard InChI is InChI=1S/C17H34N2O2/c1-20-13-14-21-12-5-4-11-19-17-9-6-7-15(17)16-8-2-3-10-18-16/h15-19H,2-14H2,1H3. The Labute approximate surface area is 130 Å². The molecule has 21 heavy (non-hydrogen) atoms. The fourth-order valence-corrected chi connectivity index (χ4v) is 3.83. The van der Waals surface area contributed by atoms with Gasteiger partial charge in [0.05, 0.1) is 13.2 Å². The average Bonchev–Trinajstić information content (AvgIpc) is 2.99. The van der Waals surface area contributed by atoms with E-state index in [0.717, 1.165) is 44.2 Å². The van der Waals surface area contributed by atoms with Crippen LogP contribution in [0.3, 0.4) is 0 Å². The van der Waals surface area contributed by atoms with Crippen molar-refractivity contribution in [3.8, 4) is 0 Å². The SMILES string of the molecule is COCCOCCCCNC1CCCC1C1CCCCN1. The molecule has 4 heteroatoms. The van der Waals surface area contributed by atoms with Gasteiger partial charge >= 0.3 is 0 Å². The highest BCUT2D eigenvalue weighted by molar-refractivity contribution is 4.92. The maximum atomic E-state index is 5.50. The molecule has 2 rings (SSSR count). The van der Waals surface area contributed by atoms with Gasteiger partial charge < -0.3 is 20.1 Å². The van der Waals surface area contributed by atoms with Crippen molar-refractivity contribution in [2.45, 2.75) is 63.5 Å². The van der Waals surface area contributed by atoms with Crippen LogP contribution in [0.1, 0.15) is 51.4 Å². The Kier molecular flexibility index (Phi) is 8.64. The quantitative estimate of drug-likeness (QED) is 0.608. The highest BCUT2D eigenvalue weighted by Gasteiger charge is 2.33. The largest absolute Gasteiger partial charge is 0.382 e. The molecule has 0 bridgehead atoms. The van der Waals surface area contributed by atoms with Gasteiger partial charge in [-0.15, -0.1) is 0 Å². The Morgan fingerprint density at radius 3 is 2.76 bits per heavy atom. The van der Waals surface area contributed by atoms with Crippen LogP contribution in [0.5, 0.6) is 0 Å². The summed E-state index contributed by atoms with van der Waals surface area (Å²) in [6.07, 6.45) is 10.7. The van der Waals surface area contributed by atoms with Crippen molar-refractivity contribution >= 4 is 0 Å². The topological polar surface area (TPSA) is 42.5 Å². The second-order valence-electron chi connectivity index (χ2n) is 6.52. The van der Waals surface area contributed by atoms with Gasteiger partial charge in [0, 0.05) is 25.8 Å². The first-order valence-electron chi connectivity index (χ1n) is 8.95. The lowest BCUT2D eigenvalue weighted by Gasteiger charge is -2.33. The predicted octanol–water partition coefficient (Wildman–Crippen LogP) is 2.33. The zero-order valence-corrected chi connectivity index (χ0v) is 13.7. The third-order valence-corrected chi connectivity index (χ3v) is 4.99. The number of ether oxygens (including phenoxy) is 2. The van der Waals surface area contributed by atoms with Gasteiger partial charge in [-0.2, -0.15) is 0 Å². The van der Waals surface area contributed by atoms with Gasteiger partial charge in [0.15, 0.2) is 0 Å². The third kappa shape index (κ3) is 6.23. The van der Waals surface area contributed by atoms with E-state index in [1.54, 1.807) is 7.11 Å². The Hall–Kier alpha value is -0.160. The Morgan fingerprint density at radius 1 is 1.00 bits per heavy atom. The number of rotatable bonds is 10. The van der Waals surface area contributed by atoms with Gasteiger partial charge in [-0.05, 0) is 57.5 Å². The molecule has 1 saturated carbocycles. The maximum Gasteiger partial charge on any atom is 0.0700 e. The molecule has 2 N–H and O–H groups in total. The van der Waals surface area contributed by atoms with E-state index in [-0.39, 0.29) is 0 Å². The van der Waals surface area contributed by atoms with E-state index in [2.05, 4.69) is 10.6 Å². The van der Waals surface area contributed by atoms with Crippen LogP contribution in [0.15, 0.2) is 0 Å². The second-order valence-corrected chi connectivity index (χ2v) is 6.52. The molecule has 0 aromatic carbocycles. The Balaban J connectivity index is 1.52. The average molecular weight is 298 g/mol. The highest BCUT2D eigenvalue weighted by atomic mass is 16.5. The van der Waals surface area contributed by atoms with E-state index in [9.17, 15) is 0 Å². The lowest BCUT2D eigenvalue weighted by Crippen LogP contribution is -2.47. The summed E-state index contributed by atoms with van der Waals surface area (Å²) in [5.41, 5.74) is 0. The molecule has 1 saturated heterocycles. The summed E-state index contributed by atoms with van der Waals surface area (Å²) < 4.78 is 10.5. The number of hydrogen-bond acceptors (Lipinski definition) is 4. The van der Waals surface area contributed by atoms with Crippen molar-refractivity contribution in [1.82, 2.24) is 10.6 Å². The number of piperidine rings is 1. The van der Waals surface area contributed by atoms with Crippen LogP contribution in [0.2, 0.25) is 0 Å². The lowest BCUT2D eigenvalue weighted by molar-refractivity contribution is 0.0687. The molecule has 1 aliphatic carbocycles. The van der Waals surface area contributed by atoms with Crippen LogP contribution in [0.25, 0.3) is 0 Å². The maximum absolute atomic E-state index is 5.50. The minimum absolute atomic E-state index is 0.705. The molecule has 0 radical (unpaired) electrons. The molecule has 2 aliphatic rings. The van der Waals surface area contributed by atoms with Crippen molar-refractivity contribution in [2.24, 2.45) is 5.92 Å². The van der Waals surface area contributed by atoms with Gasteiger partial charge in [0.1, 0.15) is 0 Å². The normalized spacial score (nSPS) is 29.9. The van der Waals surface area contributed by atoms with Crippen LogP contribution in [-0.4, -0.2) is 52.1 Å². The summed E-state index contributed by atoms with van der Waals surface area (Å²) in [6, 6.07) is 1.52. The zero-order valence-electron chi connectivity index (χ0n) is 13.7. The molecule has 0 aromatic heterocycles. The Morgan fingerprint density at radius 2 is 1.95 bits per heavy atom. The van der Waals surface area contributed by atoms with Crippen LogP contribution in [0.4, 0.5) is 0 Å². The van der Waals surface area contributed by atoms with Crippen molar-refractivity contribution in [1.29, 1.82) is 0 Å². The van der Waals surface area contributed by atoms with Crippen molar-refractivity contribution < 1.29 is 9.47 Å². The van der Waals surface area contributed by atoms with Gasteiger partial charge in [0.2, 0.25) is 0 Å². The minimum Gasteiger partial charge on any atom is -0.382 e. The van der Waals surface area contributed by atoms with E-state index in [1.807, 2.05) is 0 Å². The van der Waals surface area contributed by atoms with E-state index in [0.29, 0.717) is 6.61 Å². The summed E-state index contributed by atoms with van der Waals surface area (Å²) in [6.45, 7) is 4.66. The number of unbranched alkanes of at least 4 members (excludes halogenated alkanes) is 1. The molecule has 0 amide bonds. The van der Waals surface area contributed by atoms with Crippen molar-refractivity contribution in [2.75, 3.05) is 40.0 Å². The van der Waals surface area contributed by atoms with Gasteiger partial charge in [-0.25, -0.2) is 0 Å². The van der Waals surface area contributed by atoms with Crippen LogP contribution in [-0.2, 0) is 9.47 Å². The van der Waals surface area contributed by atoms with Gasteiger partial charge in [-0.3, -0.25) is 0 Å². The number of methoxy groups -OCH3 is 1. The first-order valence-corrected chi connectivity index (χ1v) is 8.95. The summed E-state index contributed by atoms with van der Waals surface area (Å²) in [5.74, 6) is 0.864. The van der Waals surface area contributed by atoms with Crippen molar-refractivity contribution in [3.63, 3.8) is 0 Å². The van der Waals surface area contributed by atoms with E-state index >= 15 is 0 Å². The summed E-state index contributed by atoms with van der Waals surface area (Å²) in [4.78, 5) is 0. The number of hydrogen-bond donors (Lipinski definition) is 2. The smallest absolute Gasteiger partial charge is 0.0700 e. The molecule has 3 atom stereocenters. The molecule has 4 nitrogen and oxygen atoms in total. The summed E-state index contributed by atoms with van der Waals surface area (Å²) >= 11 is 0. The van der Waals surface area contributed by atoms with Gasteiger partial charge in [-0.1, -0.05) is 12.8 Å². The number of nitrogens with one attached hydrogen (secondary N) is 2. The van der Waals surface area contributed by atoms with Gasteiger partial charge in [0.25, 0.3) is 0 Å². The Bertz CT molecular complexity index is 257. The molecule has 1 aliphatic heterocycles. The van der Waals surface area contributed by atoms with Crippen molar-refractivity contribution in [3.05, 3.63) is 0 Å². The fraction of sp³-hybridized carbons (Fsp3) is 1.00. The molecule has 0 aromatic rings. The zero-order chi connectivity index (χ0) is 14.8. The highest BCUT2D eigenvalue weighted by Crippen LogP contribution is 2.31. The first-order chi connectivity index (χ1) is 10.4. The van der Waals surface area contributed by atoms with E-state index in [1.165, 1.54) is 51.5 Å². The van der Waals surface area contributed by atoms with E-state index < -0.39 is 0 Å². The molecule has 1 heterocycles. The molecular formula is C17H34N2O2. The monoisotopic (exact) mass is 298 g/mol. The van der Waals surface area contributed by atoms with Crippen LogP contribution in [0, 0.1) is 5.92 Å².